The minimum Gasteiger partial charge on any atom is -0.493 e. The Labute approximate surface area is 147 Å². The predicted molar refractivity (Wildman–Crippen MR) is 103 cm³/mol. The lowest BCUT2D eigenvalue weighted by molar-refractivity contribution is 0.285. The topological polar surface area (TPSA) is 12.5 Å². The minimum absolute atomic E-state index is 0. The molecule has 0 fully saturated rings. The quantitative estimate of drug-likeness (QED) is 0.528. The largest absolute Gasteiger partial charge is 0.493 e. The molecule has 2 aromatic rings. The zero-order valence-corrected chi connectivity index (χ0v) is 15.3. The summed E-state index contributed by atoms with van der Waals surface area (Å²) in [6, 6.07) is 14.7. The third kappa shape index (κ3) is 6.40. The molecule has 2 aromatic carbocycles. The minimum atomic E-state index is 0. The SMILES string of the molecule is CCN(CC)CCCCCCOc1cccc2ccccc12.Cl. The molecule has 2 nitrogen and oxygen atoms in total. The number of halogens is 1. The Bertz CT molecular complexity index is 549. The molecular weight excluding hydrogens is 306 g/mol. The Balaban J connectivity index is 0.00000264. The molecule has 0 aliphatic rings. The Morgan fingerprint density at radius 2 is 1.52 bits per heavy atom. The van der Waals surface area contributed by atoms with Gasteiger partial charge in [0.2, 0.25) is 0 Å². The van der Waals surface area contributed by atoms with Crippen LogP contribution in [0.4, 0.5) is 0 Å². The average Bonchev–Trinajstić information content (AvgIpc) is 2.57. The van der Waals surface area contributed by atoms with Gasteiger partial charge in [-0.25, -0.2) is 0 Å². The van der Waals surface area contributed by atoms with E-state index in [0.717, 1.165) is 18.8 Å². The first-order chi connectivity index (χ1) is 10.8. The molecule has 0 aliphatic heterocycles. The monoisotopic (exact) mass is 335 g/mol. The van der Waals surface area contributed by atoms with Crippen molar-refractivity contribution in [1.82, 2.24) is 4.90 Å². The van der Waals surface area contributed by atoms with Crippen LogP contribution in [0.5, 0.6) is 5.75 Å². The van der Waals surface area contributed by atoms with Crippen molar-refractivity contribution >= 4 is 23.2 Å². The molecule has 0 amide bonds. The first-order valence-electron chi connectivity index (χ1n) is 8.68. The van der Waals surface area contributed by atoms with Crippen molar-refractivity contribution in [3.05, 3.63) is 42.5 Å². The first-order valence-corrected chi connectivity index (χ1v) is 8.68. The maximum atomic E-state index is 5.98. The molecule has 0 saturated carbocycles. The Kier molecular flexibility index (Phi) is 9.74. The molecule has 0 N–H and O–H groups in total. The molecular formula is C20H30ClNO. The van der Waals surface area contributed by atoms with Crippen LogP contribution in [0.15, 0.2) is 42.5 Å². The van der Waals surface area contributed by atoms with Gasteiger partial charge < -0.3 is 9.64 Å². The van der Waals surface area contributed by atoms with Gasteiger partial charge >= 0.3 is 0 Å². The fraction of sp³-hybridized carbons (Fsp3) is 0.500. The van der Waals surface area contributed by atoms with Crippen LogP contribution in [0.1, 0.15) is 39.5 Å². The molecule has 0 aromatic heterocycles. The summed E-state index contributed by atoms with van der Waals surface area (Å²) in [6.45, 7) is 8.86. The van der Waals surface area contributed by atoms with Crippen molar-refractivity contribution in [1.29, 1.82) is 0 Å². The van der Waals surface area contributed by atoms with Gasteiger partial charge in [-0.3, -0.25) is 0 Å². The molecule has 3 heteroatoms. The van der Waals surface area contributed by atoms with E-state index in [-0.39, 0.29) is 12.4 Å². The molecule has 2 rings (SSSR count). The molecule has 128 valence electrons. The van der Waals surface area contributed by atoms with Crippen LogP contribution in [0.3, 0.4) is 0 Å². The van der Waals surface area contributed by atoms with Gasteiger partial charge in [0, 0.05) is 5.39 Å². The Morgan fingerprint density at radius 3 is 2.30 bits per heavy atom. The number of benzene rings is 2. The molecule has 0 aliphatic carbocycles. The lowest BCUT2D eigenvalue weighted by atomic mass is 10.1. The van der Waals surface area contributed by atoms with E-state index in [1.165, 1.54) is 49.7 Å². The summed E-state index contributed by atoms with van der Waals surface area (Å²) in [5.41, 5.74) is 0. The highest BCUT2D eigenvalue weighted by atomic mass is 35.5. The van der Waals surface area contributed by atoms with Gasteiger partial charge in [-0.2, -0.15) is 0 Å². The summed E-state index contributed by atoms with van der Waals surface area (Å²) in [5, 5.41) is 2.46. The number of ether oxygens (including phenoxy) is 1. The van der Waals surface area contributed by atoms with Crippen molar-refractivity contribution in [3.63, 3.8) is 0 Å². The van der Waals surface area contributed by atoms with E-state index in [1.54, 1.807) is 0 Å². The molecule has 0 radical (unpaired) electrons. The number of rotatable bonds is 10. The number of hydrogen-bond acceptors (Lipinski definition) is 2. The normalized spacial score (nSPS) is 10.7. The van der Waals surface area contributed by atoms with E-state index in [4.69, 9.17) is 4.74 Å². The number of unbranched alkanes of at least 4 members (excludes halogenated alkanes) is 3. The van der Waals surface area contributed by atoms with Gasteiger partial charge in [0.15, 0.2) is 0 Å². The molecule has 0 bridgehead atoms. The summed E-state index contributed by atoms with van der Waals surface area (Å²) in [5.74, 6) is 1.02. The summed E-state index contributed by atoms with van der Waals surface area (Å²) in [6.07, 6.45) is 5.00. The number of hydrogen-bond donors (Lipinski definition) is 0. The van der Waals surface area contributed by atoms with Gasteiger partial charge in [0.25, 0.3) is 0 Å². The Morgan fingerprint density at radius 1 is 0.826 bits per heavy atom. The zero-order valence-electron chi connectivity index (χ0n) is 14.5. The maximum Gasteiger partial charge on any atom is 0.127 e. The highest BCUT2D eigenvalue weighted by Crippen LogP contribution is 2.25. The third-order valence-corrected chi connectivity index (χ3v) is 4.27. The van der Waals surface area contributed by atoms with E-state index >= 15 is 0 Å². The van der Waals surface area contributed by atoms with Gasteiger partial charge in [-0.05, 0) is 43.9 Å². The van der Waals surface area contributed by atoms with Crippen molar-refractivity contribution in [2.75, 3.05) is 26.2 Å². The molecule has 0 spiro atoms. The average molecular weight is 336 g/mol. The van der Waals surface area contributed by atoms with Crippen LogP contribution in [-0.4, -0.2) is 31.1 Å². The van der Waals surface area contributed by atoms with E-state index in [9.17, 15) is 0 Å². The molecule has 23 heavy (non-hydrogen) atoms. The molecule has 0 atom stereocenters. The van der Waals surface area contributed by atoms with E-state index in [2.05, 4.69) is 61.2 Å². The highest BCUT2D eigenvalue weighted by Gasteiger charge is 2.01. The fourth-order valence-electron chi connectivity index (χ4n) is 2.83. The van der Waals surface area contributed by atoms with Crippen molar-refractivity contribution < 1.29 is 4.74 Å². The van der Waals surface area contributed by atoms with Crippen molar-refractivity contribution in [3.8, 4) is 5.75 Å². The molecule has 0 heterocycles. The highest BCUT2D eigenvalue weighted by molar-refractivity contribution is 5.88. The van der Waals surface area contributed by atoms with Crippen molar-refractivity contribution in [2.24, 2.45) is 0 Å². The zero-order chi connectivity index (χ0) is 15.6. The van der Waals surface area contributed by atoms with Crippen LogP contribution in [0.25, 0.3) is 10.8 Å². The summed E-state index contributed by atoms with van der Waals surface area (Å²) >= 11 is 0. The number of fused-ring (bicyclic) bond motifs is 1. The van der Waals surface area contributed by atoms with E-state index in [1.807, 2.05) is 0 Å². The lowest BCUT2D eigenvalue weighted by Gasteiger charge is -2.17. The summed E-state index contributed by atoms with van der Waals surface area (Å²) < 4.78 is 5.98. The predicted octanol–water partition coefficient (Wildman–Crippen LogP) is 5.54. The van der Waals surface area contributed by atoms with Crippen molar-refractivity contribution in [2.45, 2.75) is 39.5 Å². The van der Waals surface area contributed by atoms with E-state index < -0.39 is 0 Å². The van der Waals surface area contributed by atoms with Gasteiger partial charge in [0.1, 0.15) is 5.75 Å². The van der Waals surface area contributed by atoms with E-state index in [0.29, 0.717) is 0 Å². The second-order valence-corrected chi connectivity index (χ2v) is 5.77. The summed E-state index contributed by atoms with van der Waals surface area (Å²) in [7, 11) is 0. The maximum absolute atomic E-state index is 5.98. The number of nitrogens with zero attached hydrogens (tertiary/aromatic N) is 1. The standard InChI is InChI=1S/C20H29NO.ClH/c1-3-21(4-2)16-9-5-6-10-17-22-20-15-11-13-18-12-7-8-14-19(18)20;/h7-8,11-15H,3-6,9-10,16-17H2,1-2H3;1H. The third-order valence-electron chi connectivity index (χ3n) is 4.27. The summed E-state index contributed by atoms with van der Waals surface area (Å²) in [4.78, 5) is 2.49. The van der Waals surface area contributed by atoms with Crippen LogP contribution in [0.2, 0.25) is 0 Å². The second kappa shape index (κ2) is 11.3. The smallest absolute Gasteiger partial charge is 0.127 e. The van der Waals surface area contributed by atoms with Crippen LogP contribution < -0.4 is 4.74 Å². The molecule has 0 saturated heterocycles. The lowest BCUT2D eigenvalue weighted by Crippen LogP contribution is -2.23. The van der Waals surface area contributed by atoms with Crippen LogP contribution >= 0.6 is 12.4 Å². The van der Waals surface area contributed by atoms with Crippen LogP contribution in [-0.2, 0) is 0 Å². The Hall–Kier alpha value is -1.25. The van der Waals surface area contributed by atoms with Gasteiger partial charge in [0.05, 0.1) is 6.61 Å². The van der Waals surface area contributed by atoms with Gasteiger partial charge in [-0.1, -0.05) is 63.1 Å². The second-order valence-electron chi connectivity index (χ2n) is 5.77. The molecule has 0 unspecified atom stereocenters. The van der Waals surface area contributed by atoms with Gasteiger partial charge in [-0.15, -0.1) is 12.4 Å². The fourth-order valence-corrected chi connectivity index (χ4v) is 2.83. The van der Waals surface area contributed by atoms with Crippen LogP contribution in [0, 0.1) is 0 Å². The first kappa shape index (κ1) is 19.8.